The van der Waals surface area contributed by atoms with E-state index in [4.69, 9.17) is 9.92 Å². The Morgan fingerprint density at radius 3 is 2.35 bits per heavy atom. The Labute approximate surface area is 147 Å². The summed E-state index contributed by atoms with van der Waals surface area (Å²) >= 11 is 0. The van der Waals surface area contributed by atoms with E-state index in [0.29, 0.717) is 0 Å². The number of esters is 1. The molecule has 0 atom stereocenters. The molecule has 0 radical (unpaired) electrons. The zero-order chi connectivity index (χ0) is 19.3. The number of rotatable bonds is 7. The molecule has 2 aromatic carbocycles. The Balaban J connectivity index is 2.15. The van der Waals surface area contributed by atoms with Crippen molar-refractivity contribution in [2.45, 2.75) is 4.90 Å². The highest BCUT2D eigenvalue weighted by Gasteiger charge is 2.20. The minimum atomic E-state index is -4.31. The standard InChI is InChI=1S/C15H12N2O8S/c16-14(18)9-24-15(19)10-4-6-12(7-5-10)25-26(22,23)13-3-1-2-11(8-13)17(20)21/h1-8H,9H2,(H2,16,18). The molecular formula is C15H12N2O8S. The fourth-order valence-corrected chi connectivity index (χ4v) is 2.76. The van der Waals surface area contributed by atoms with E-state index in [1.54, 1.807) is 0 Å². The Morgan fingerprint density at radius 2 is 1.77 bits per heavy atom. The highest BCUT2D eigenvalue weighted by Crippen LogP contribution is 2.22. The Hall–Kier alpha value is -3.47. The first-order valence-corrected chi connectivity index (χ1v) is 8.34. The number of hydrogen-bond donors (Lipinski definition) is 1. The zero-order valence-electron chi connectivity index (χ0n) is 13.0. The third-order valence-electron chi connectivity index (χ3n) is 2.96. The van der Waals surface area contributed by atoms with Gasteiger partial charge in [0.05, 0.1) is 10.5 Å². The van der Waals surface area contributed by atoms with Crippen LogP contribution in [0.1, 0.15) is 10.4 Å². The average molecular weight is 380 g/mol. The summed E-state index contributed by atoms with van der Waals surface area (Å²) in [5, 5.41) is 10.7. The van der Waals surface area contributed by atoms with Crippen LogP contribution in [-0.2, 0) is 19.6 Å². The van der Waals surface area contributed by atoms with E-state index < -0.39 is 44.1 Å². The number of carbonyl (C=O) groups excluding carboxylic acids is 2. The molecule has 0 saturated carbocycles. The minimum absolute atomic E-state index is 0.0475. The topological polar surface area (TPSA) is 156 Å². The summed E-state index contributed by atoms with van der Waals surface area (Å²) < 4.78 is 33.8. The lowest BCUT2D eigenvalue weighted by Gasteiger charge is -2.08. The van der Waals surface area contributed by atoms with E-state index in [-0.39, 0.29) is 11.3 Å². The molecule has 0 aromatic heterocycles. The maximum absolute atomic E-state index is 12.2. The smallest absolute Gasteiger partial charge is 0.339 e. The summed E-state index contributed by atoms with van der Waals surface area (Å²) in [6, 6.07) is 9.20. The lowest BCUT2D eigenvalue weighted by molar-refractivity contribution is -0.385. The van der Waals surface area contributed by atoms with Gasteiger partial charge in [-0.1, -0.05) is 6.07 Å². The number of primary amides is 1. The predicted octanol–water partition coefficient (Wildman–Crippen LogP) is 1.00. The van der Waals surface area contributed by atoms with E-state index in [1.807, 2.05) is 0 Å². The molecule has 0 unspecified atom stereocenters. The second kappa shape index (κ2) is 7.61. The van der Waals surface area contributed by atoms with Crippen molar-refractivity contribution < 1.29 is 31.9 Å². The summed E-state index contributed by atoms with van der Waals surface area (Å²) in [6.45, 7) is -0.585. The molecule has 10 nitrogen and oxygen atoms in total. The van der Waals surface area contributed by atoms with Gasteiger partial charge in [0, 0.05) is 12.1 Å². The van der Waals surface area contributed by atoms with Crippen LogP contribution in [-0.4, -0.2) is 31.8 Å². The van der Waals surface area contributed by atoms with E-state index in [0.717, 1.165) is 18.2 Å². The highest BCUT2D eigenvalue weighted by atomic mass is 32.2. The average Bonchev–Trinajstić information content (AvgIpc) is 2.60. The van der Waals surface area contributed by atoms with Crippen LogP contribution in [0, 0.1) is 10.1 Å². The maximum atomic E-state index is 12.2. The van der Waals surface area contributed by atoms with Gasteiger partial charge in [-0.3, -0.25) is 14.9 Å². The molecule has 0 saturated heterocycles. The van der Waals surface area contributed by atoms with Gasteiger partial charge in [0.15, 0.2) is 6.61 Å². The molecule has 0 aliphatic rings. The number of nitrogens with zero attached hydrogens (tertiary/aromatic N) is 1. The fourth-order valence-electron chi connectivity index (χ4n) is 1.79. The van der Waals surface area contributed by atoms with Crippen molar-refractivity contribution in [2.24, 2.45) is 5.73 Å². The minimum Gasteiger partial charge on any atom is -0.452 e. The number of carbonyl (C=O) groups is 2. The van der Waals surface area contributed by atoms with Gasteiger partial charge in [-0.05, 0) is 30.3 Å². The van der Waals surface area contributed by atoms with Crippen molar-refractivity contribution in [1.82, 2.24) is 0 Å². The first kappa shape index (κ1) is 18.9. The highest BCUT2D eigenvalue weighted by molar-refractivity contribution is 7.87. The molecule has 26 heavy (non-hydrogen) atoms. The molecule has 2 aromatic rings. The molecule has 1 amide bonds. The molecule has 11 heteroatoms. The van der Waals surface area contributed by atoms with Crippen molar-refractivity contribution in [1.29, 1.82) is 0 Å². The largest absolute Gasteiger partial charge is 0.452 e. The summed E-state index contributed by atoms with van der Waals surface area (Å²) in [7, 11) is -4.31. The molecule has 0 bridgehead atoms. The number of nitro groups is 1. The third-order valence-corrected chi connectivity index (χ3v) is 4.20. The summed E-state index contributed by atoms with van der Waals surface area (Å²) in [4.78, 5) is 31.8. The molecule has 0 heterocycles. The summed E-state index contributed by atoms with van der Waals surface area (Å²) in [5.74, 6) is -1.76. The first-order valence-electron chi connectivity index (χ1n) is 6.93. The van der Waals surface area contributed by atoms with Crippen LogP contribution in [0.3, 0.4) is 0 Å². The number of hydrogen-bond acceptors (Lipinski definition) is 8. The van der Waals surface area contributed by atoms with Gasteiger partial charge in [0.25, 0.3) is 11.6 Å². The van der Waals surface area contributed by atoms with Crippen LogP contribution in [0.4, 0.5) is 5.69 Å². The van der Waals surface area contributed by atoms with E-state index in [2.05, 4.69) is 4.74 Å². The van der Waals surface area contributed by atoms with Crippen molar-refractivity contribution in [3.05, 3.63) is 64.2 Å². The number of benzene rings is 2. The van der Waals surface area contributed by atoms with E-state index in [9.17, 15) is 28.1 Å². The second-order valence-corrected chi connectivity index (χ2v) is 6.41. The van der Waals surface area contributed by atoms with Crippen LogP contribution in [0.2, 0.25) is 0 Å². The molecule has 2 rings (SSSR count). The number of non-ortho nitro benzene ring substituents is 1. The Kier molecular flexibility index (Phi) is 5.52. The van der Waals surface area contributed by atoms with Crippen LogP contribution < -0.4 is 9.92 Å². The van der Waals surface area contributed by atoms with Gasteiger partial charge in [-0.25, -0.2) is 4.79 Å². The second-order valence-electron chi connectivity index (χ2n) is 4.86. The van der Waals surface area contributed by atoms with Gasteiger partial charge in [0.1, 0.15) is 10.6 Å². The third kappa shape index (κ3) is 4.77. The number of amides is 1. The van der Waals surface area contributed by atoms with Crippen LogP contribution in [0.5, 0.6) is 5.75 Å². The number of ether oxygens (including phenoxy) is 1. The first-order chi connectivity index (χ1) is 12.2. The van der Waals surface area contributed by atoms with Crippen molar-refractivity contribution in [2.75, 3.05) is 6.61 Å². The molecule has 136 valence electrons. The molecular weight excluding hydrogens is 368 g/mol. The Bertz CT molecular complexity index is 954. The SMILES string of the molecule is NC(=O)COC(=O)c1ccc(OS(=O)(=O)c2cccc([N+](=O)[O-])c2)cc1. The predicted molar refractivity (Wildman–Crippen MR) is 86.8 cm³/mol. The maximum Gasteiger partial charge on any atom is 0.339 e. The number of nitrogens with two attached hydrogens (primary N) is 1. The van der Waals surface area contributed by atoms with E-state index in [1.165, 1.54) is 30.3 Å². The lowest BCUT2D eigenvalue weighted by Crippen LogP contribution is -2.20. The molecule has 2 N–H and O–H groups in total. The van der Waals surface area contributed by atoms with Gasteiger partial charge >= 0.3 is 16.1 Å². The van der Waals surface area contributed by atoms with Gasteiger partial charge in [-0.2, -0.15) is 8.42 Å². The van der Waals surface area contributed by atoms with Gasteiger partial charge in [-0.15, -0.1) is 0 Å². The molecule has 0 aliphatic carbocycles. The molecule has 0 aliphatic heterocycles. The normalized spacial score (nSPS) is 10.8. The van der Waals surface area contributed by atoms with Crippen LogP contribution >= 0.6 is 0 Å². The van der Waals surface area contributed by atoms with Crippen LogP contribution in [0.15, 0.2) is 53.4 Å². The van der Waals surface area contributed by atoms with Gasteiger partial charge in [0.2, 0.25) is 0 Å². The summed E-state index contributed by atoms with van der Waals surface area (Å²) in [5.41, 5.74) is 4.50. The number of nitro benzene ring substituents is 1. The van der Waals surface area contributed by atoms with Crippen molar-refractivity contribution in [3.63, 3.8) is 0 Å². The zero-order valence-corrected chi connectivity index (χ0v) is 13.8. The lowest BCUT2D eigenvalue weighted by atomic mass is 10.2. The molecule has 0 spiro atoms. The van der Waals surface area contributed by atoms with E-state index >= 15 is 0 Å². The van der Waals surface area contributed by atoms with Crippen molar-refractivity contribution >= 4 is 27.7 Å². The Morgan fingerprint density at radius 1 is 1.12 bits per heavy atom. The van der Waals surface area contributed by atoms with Crippen LogP contribution in [0.25, 0.3) is 0 Å². The van der Waals surface area contributed by atoms with Gasteiger partial charge < -0.3 is 14.7 Å². The fraction of sp³-hybridized carbons (Fsp3) is 0.0667. The van der Waals surface area contributed by atoms with Crippen molar-refractivity contribution in [3.8, 4) is 5.75 Å². The molecule has 0 fully saturated rings. The summed E-state index contributed by atoms with van der Waals surface area (Å²) in [6.07, 6.45) is 0. The monoisotopic (exact) mass is 380 g/mol. The quantitative estimate of drug-likeness (QED) is 0.323.